The maximum Gasteiger partial charge on any atom is 0.273 e. The Morgan fingerprint density at radius 1 is 1.29 bits per heavy atom. The van der Waals surface area contributed by atoms with Crippen LogP contribution in [0.25, 0.3) is 5.69 Å². The van der Waals surface area contributed by atoms with E-state index in [1.165, 1.54) is 17.0 Å². The van der Waals surface area contributed by atoms with Crippen molar-refractivity contribution >= 4 is 22.9 Å². The van der Waals surface area contributed by atoms with Crippen LogP contribution < -0.4 is 10.1 Å². The number of carbonyl (C=O) groups excluding carboxylic acids is 1. The fourth-order valence-corrected chi connectivity index (χ4v) is 5.87. The molecule has 0 aliphatic carbocycles. The molecular weight excluding hydrogens is 412 g/mol. The van der Waals surface area contributed by atoms with E-state index in [-0.39, 0.29) is 17.0 Å². The molecule has 6 rings (SSSR count). The fourth-order valence-electron chi connectivity index (χ4n) is 5.35. The van der Waals surface area contributed by atoms with Crippen LogP contribution >= 0.6 is 11.3 Å². The predicted octanol–water partition coefficient (Wildman–Crippen LogP) is 3.66. The van der Waals surface area contributed by atoms with Gasteiger partial charge in [0.05, 0.1) is 41.9 Å². The van der Waals surface area contributed by atoms with E-state index in [4.69, 9.17) is 9.47 Å². The summed E-state index contributed by atoms with van der Waals surface area (Å²) in [7, 11) is 1.69. The van der Waals surface area contributed by atoms with Crippen molar-refractivity contribution in [1.82, 2.24) is 14.5 Å². The van der Waals surface area contributed by atoms with Gasteiger partial charge in [-0.1, -0.05) is 0 Å². The molecule has 2 saturated heterocycles. The van der Waals surface area contributed by atoms with Crippen molar-refractivity contribution in [2.75, 3.05) is 32.1 Å². The van der Waals surface area contributed by atoms with Crippen molar-refractivity contribution in [3.05, 3.63) is 58.8 Å². The van der Waals surface area contributed by atoms with Crippen LogP contribution in [0.15, 0.2) is 47.4 Å². The average molecular weight is 437 g/mol. The largest absolute Gasteiger partial charge is 0.497 e. The van der Waals surface area contributed by atoms with Crippen LogP contribution in [0.1, 0.15) is 35.4 Å². The second-order valence-corrected chi connectivity index (χ2v) is 9.39. The Bertz CT molecular complexity index is 1130. The molecule has 2 spiro atoms. The van der Waals surface area contributed by atoms with E-state index >= 15 is 0 Å². The predicted molar refractivity (Wildman–Crippen MR) is 118 cm³/mol. The van der Waals surface area contributed by atoms with E-state index in [0.717, 1.165) is 36.4 Å². The Morgan fingerprint density at radius 2 is 2.16 bits per heavy atom. The number of aromatic nitrogens is 2. The molecule has 7 nitrogen and oxygen atoms in total. The summed E-state index contributed by atoms with van der Waals surface area (Å²) >= 11 is 1.45. The summed E-state index contributed by atoms with van der Waals surface area (Å²) in [5.74, 6) is 0.856. The fraction of sp³-hybridized carbons (Fsp3) is 0.391. The van der Waals surface area contributed by atoms with Crippen molar-refractivity contribution in [3.63, 3.8) is 0 Å². The number of amides is 1. The Labute approximate surface area is 184 Å². The van der Waals surface area contributed by atoms with E-state index in [0.29, 0.717) is 25.4 Å². The third-order valence-corrected chi connectivity index (χ3v) is 7.52. The van der Waals surface area contributed by atoms with Gasteiger partial charge in [-0.05, 0) is 37.1 Å². The van der Waals surface area contributed by atoms with Gasteiger partial charge in [0.1, 0.15) is 17.0 Å². The quantitative estimate of drug-likeness (QED) is 0.664. The second-order valence-electron chi connectivity index (χ2n) is 8.67. The zero-order valence-corrected chi connectivity index (χ0v) is 18.2. The lowest BCUT2D eigenvalue weighted by Gasteiger charge is -2.41. The Kier molecular flexibility index (Phi) is 4.16. The molecule has 2 aromatic heterocycles. The van der Waals surface area contributed by atoms with Crippen LogP contribution in [-0.4, -0.2) is 52.8 Å². The molecule has 1 atom stereocenters. The van der Waals surface area contributed by atoms with Gasteiger partial charge in [-0.2, -0.15) is 0 Å². The van der Waals surface area contributed by atoms with E-state index in [9.17, 15) is 4.79 Å². The summed E-state index contributed by atoms with van der Waals surface area (Å²) in [6.45, 7) is 1.99. The molecule has 3 aliphatic rings. The van der Waals surface area contributed by atoms with Gasteiger partial charge < -0.3 is 24.3 Å². The van der Waals surface area contributed by atoms with Crippen LogP contribution in [0.2, 0.25) is 0 Å². The zero-order chi connectivity index (χ0) is 21.1. The molecule has 160 valence electrons. The number of benzene rings is 1. The minimum atomic E-state index is -0.288. The second kappa shape index (κ2) is 6.83. The zero-order valence-electron chi connectivity index (χ0n) is 17.3. The van der Waals surface area contributed by atoms with Crippen LogP contribution in [0, 0.1) is 0 Å². The van der Waals surface area contributed by atoms with E-state index in [1.54, 1.807) is 12.6 Å². The maximum atomic E-state index is 12.7. The van der Waals surface area contributed by atoms with Gasteiger partial charge in [-0.25, -0.2) is 4.98 Å². The summed E-state index contributed by atoms with van der Waals surface area (Å²) in [5.41, 5.74) is 5.14. The highest BCUT2D eigenvalue weighted by atomic mass is 32.1. The van der Waals surface area contributed by atoms with Crippen molar-refractivity contribution in [2.24, 2.45) is 0 Å². The Balaban J connectivity index is 1.26. The van der Waals surface area contributed by atoms with Gasteiger partial charge in [0.15, 0.2) is 0 Å². The lowest BCUT2D eigenvalue weighted by atomic mass is 9.79. The average Bonchev–Trinajstić information content (AvgIpc) is 3.55. The number of fused-ring (bicyclic) bond motifs is 4. The third-order valence-electron chi connectivity index (χ3n) is 6.94. The highest BCUT2D eigenvalue weighted by molar-refractivity contribution is 7.07. The highest BCUT2D eigenvalue weighted by Gasteiger charge is 2.54. The Hall–Kier alpha value is -2.84. The first-order chi connectivity index (χ1) is 15.1. The number of likely N-dealkylation sites (tertiary alicyclic amines) is 1. The summed E-state index contributed by atoms with van der Waals surface area (Å²) in [6, 6.07) is 10.4. The molecule has 5 heterocycles. The SMILES string of the molecule is COc1ccc2c(c1)NC1(COC3(CCN(C(=O)c4cscn4)CC3)C1)c1cccn1-2. The number of anilines is 1. The summed E-state index contributed by atoms with van der Waals surface area (Å²) in [5, 5.41) is 5.62. The number of nitrogens with one attached hydrogen (secondary N) is 1. The van der Waals surface area contributed by atoms with Gasteiger partial charge in [0, 0.05) is 37.2 Å². The number of rotatable bonds is 2. The molecule has 1 N–H and O–H groups in total. The number of hydrogen-bond acceptors (Lipinski definition) is 6. The van der Waals surface area contributed by atoms with Crippen molar-refractivity contribution in [2.45, 2.75) is 30.4 Å². The molecule has 3 aromatic rings. The van der Waals surface area contributed by atoms with Crippen LogP contribution in [-0.2, 0) is 10.3 Å². The van der Waals surface area contributed by atoms with Crippen molar-refractivity contribution < 1.29 is 14.3 Å². The number of nitrogens with zero attached hydrogens (tertiary/aromatic N) is 3. The lowest BCUT2D eigenvalue weighted by Crippen LogP contribution is -2.48. The van der Waals surface area contributed by atoms with Gasteiger partial charge in [0.25, 0.3) is 5.91 Å². The number of methoxy groups -OCH3 is 1. The Morgan fingerprint density at radius 3 is 2.94 bits per heavy atom. The number of piperidine rings is 1. The molecule has 0 saturated carbocycles. The topological polar surface area (TPSA) is 68.6 Å². The molecule has 0 bridgehead atoms. The normalized spacial score (nSPS) is 23.5. The van der Waals surface area contributed by atoms with E-state index in [1.807, 2.05) is 16.3 Å². The molecule has 0 radical (unpaired) electrons. The van der Waals surface area contributed by atoms with Crippen LogP contribution in [0.4, 0.5) is 5.69 Å². The van der Waals surface area contributed by atoms with Gasteiger partial charge in [-0.3, -0.25) is 4.79 Å². The smallest absolute Gasteiger partial charge is 0.273 e. The number of ether oxygens (including phenoxy) is 2. The number of thiazole rings is 1. The summed E-state index contributed by atoms with van der Waals surface area (Å²) in [4.78, 5) is 18.8. The number of carbonyl (C=O) groups is 1. The lowest BCUT2D eigenvalue weighted by molar-refractivity contribution is -0.0393. The van der Waals surface area contributed by atoms with Gasteiger partial charge in [-0.15, -0.1) is 11.3 Å². The maximum absolute atomic E-state index is 12.7. The standard InChI is InChI=1S/C23H24N4O3S/c1-29-16-4-5-19-17(11-16)25-23(20-3-2-8-27(19)20)13-22(30-14-23)6-9-26(10-7-22)21(28)18-12-31-15-24-18/h2-5,8,11-12,15,25H,6-7,9-10,13-14H2,1H3. The highest BCUT2D eigenvalue weighted by Crippen LogP contribution is 2.50. The van der Waals surface area contributed by atoms with E-state index in [2.05, 4.69) is 45.3 Å². The molecule has 31 heavy (non-hydrogen) atoms. The molecule has 8 heteroatoms. The van der Waals surface area contributed by atoms with Gasteiger partial charge in [0.2, 0.25) is 0 Å². The molecule has 2 fully saturated rings. The minimum absolute atomic E-state index is 0.0227. The first-order valence-corrected chi connectivity index (χ1v) is 11.5. The molecule has 1 amide bonds. The first-order valence-electron chi connectivity index (χ1n) is 10.6. The van der Waals surface area contributed by atoms with E-state index < -0.39 is 0 Å². The van der Waals surface area contributed by atoms with Gasteiger partial charge >= 0.3 is 0 Å². The first kappa shape index (κ1) is 18.9. The van der Waals surface area contributed by atoms with Crippen molar-refractivity contribution in [3.8, 4) is 11.4 Å². The van der Waals surface area contributed by atoms with Crippen LogP contribution in [0.5, 0.6) is 5.75 Å². The number of hydrogen-bond donors (Lipinski definition) is 1. The van der Waals surface area contributed by atoms with Crippen LogP contribution in [0.3, 0.4) is 0 Å². The molecule has 1 unspecified atom stereocenters. The van der Waals surface area contributed by atoms with Crippen molar-refractivity contribution in [1.29, 1.82) is 0 Å². The minimum Gasteiger partial charge on any atom is -0.497 e. The summed E-state index contributed by atoms with van der Waals surface area (Å²) in [6.07, 6.45) is 4.65. The molecule has 1 aromatic carbocycles. The molecule has 3 aliphatic heterocycles. The summed E-state index contributed by atoms with van der Waals surface area (Å²) < 4.78 is 14.2. The molecular formula is C23H24N4O3S. The third kappa shape index (κ3) is 2.89. The monoisotopic (exact) mass is 436 g/mol.